The van der Waals surface area contributed by atoms with Gasteiger partial charge in [-0.25, -0.2) is 0 Å². The minimum atomic E-state index is -4.11. The predicted molar refractivity (Wildman–Crippen MR) is 75.0 cm³/mol. The van der Waals surface area contributed by atoms with E-state index in [0.717, 1.165) is 25.1 Å². The molecule has 1 aromatic carbocycles. The first-order valence-electron chi connectivity index (χ1n) is 6.58. The Kier molecular flexibility index (Phi) is 4.44. The maximum atomic E-state index is 11.0. The van der Waals surface area contributed by atoms with Crippen molar-refractivity contribution in [3.05, 3.63) is 24.3 Å². The summed E-state index contributed by atoms with van der Waals surface area (Å²) in [5.41, 5.74) is 0.868. The van der Waals surface area contributed by atoms with Crippen molar-refractivity contribution in [2.45, 2.75) is 43.2 Å². The van der Waals surface area contributed by atoms with Crippen molar-refractivity contribution in [2.24, 2.45) is 0 Å². The Bertz CT molecular complexity index is 507. The summed E-state index contributed by atoms with van der Waals surface area (Å²) in [4.78, 5) is -0.0786. The van der Waals surface area contributed by atoms with Crippen LogP contribution in [0.5, 0.6) is 0 Å². The highest BCUT2D eigenvalue weighted by atomic mass is 32.2. The van der Waals surface area contributed by atoms with Crippen LogP contribution in [0.4, 0.5) is 5.69 Å². The third-order valence-electron chi connectivity index (χ3n) is 3.53. The van der Waals surface area contributed by atoms with Crippen LogP contribution in [0.3, 0.4) is 0 Å². The highest BCUT2D eigenvalue weighted by molar-refractivity contribution is 7.85. The number of anilines is 1. The lowest BCUT2D eigenvalue weighted by molar-refractivity contribution is 0.483. The average Bonchev–Trinajstić information content (AvgIpc) is 2.89. The van der Waals surface area contributed by atoms with E-state index in [1.165, 1.54) is 18.6 Å². The minimum absolute atomic E-state index is 0.0786. The molecule has 1 aliphatic heterocycles. The molecular weight excluding hydrogens is 264 g/mol. The second-order valence-electron chi connectivity index (χ2n) is 4.86. The second kappa shape index (κ2) is 5.90. The van der Waals surface area contributed by atoms with E-state index in [2.05, 4.69) is 17.6 Å². The number of hydrogen-bond donors (Lipinski definition) is 3. The van der Waals surface area contributed by atoms with Gasteiger partial charge in [0.15, 0.2) is 0 Å². The summed E-state index contributed by atoms with van der Waals surface area (Å²) >= 11 is 0. The van der Waals surface area contributed by atoms with E-state index in [1.807, 2.05) is 0 Å². The molecule has 19 heavy (non-hydrogen) atoms. The van der Waals surface area contributed by atoms with Crippen LogP contribution < -0.4 is 10.6 Å². The van der Waals surface area contributed by atoms with E-state index in [4.69, 9.17) is 4.55 Å². The van der Waals surface area contributed by atoms with Gasteiger partial charge in [-0.2, -0.15) is 8.42 Å². The van der Waals surface area contributed by atoms with Gasteiger partial charge in [0.2, 0.25) is 0 Å². The Morgan fingerprint density at radius 3 is 2.58 bits per heavy atom. The standard InChI is InChI=1S/C13H20N2O3S/c1-2-12(13-4-3-9-14-13)15-10-5-7-11(8-6-10)19(16,17)18/h5-8,12-15H,2-4,9H2,1H3,(H,16,17,18). The molecule has 1 saturated heterocycles. The van der Waals surface area contributed by atoms with Crippen LogP contribution in [0.15, 0.2) is 29.2 Å². The zero-order chi connectivity index (χ0) is 13.9. The van der Waals surface area contributed by atoms with Crippen molar-refractivity contribution in [3.63, 3.8) is 0 Å². The normalized spacial score (nSPS) is 21.3. The Labute approximate surface area is 114 Å². The summed E-state index contributed by atoms with van der Waals surface area (Å²) in [6, 6.07) is 6.98. The van der Waals surface area contributed by atoms with Crippen LogP contribution in [0.25, 0.3) is 0 Å². The van der Waals surface area contributed by atoms with Gasteiger partial charge < -0.3 is 10.6 Å². The van der Waals surface area contributed by atoms with E-state index >= 15 is 0 Å². The topological polar surface area (TPSA) is 78.4 Å². The molecule has 1 aliphatic rings. The number of hydrogen-bond acceptors (Lipinski definition) is 4. The Balaban J connectivity index is 2.05. The molecule has 2 rings (SSSR count). The molecule has 2 atom stereocenters. The zero-order valence-corrected chi connectivity index (χ0v) is 11.8. The highest BCUT2D eigenvalue weighted by Crippen LogP contribution is 2.19. The van der Waals surface area contributed by atoms with Crippen LogP contribution in [0.1, 0.15) is 26.2 Å². The van der Waals surface area contributed by atoms with Gasteiger partial charge >= 0.3 is 0 Å². The van der Waals surface area contributed by atoms with Crippen LogP contribution in [0.2, 0.25) is 0 Å². The monoisotopic (exact) mass is 284 g/mol. The first-order valence-corrected chi connectivity index (χ1v) is 8.02. The summed E-state index contributed by atoms with van der Waals surface area (Å²) in [6.07, 6.45) is 3.36. The van der Waals surface area contributed by atoms with Gasteiger partial charge in [-0.3, -0.25) is 4.55 Å². The molecule has 0 aromatic heterocycles. The smallest absolute Gasteiger partial charge is 0.294 e. The molecule has 0 aliphatic carbocycles. The van der Waals surface area contributed by atoms with Crippen molar-refractivity contribution in [3.8, 4) is 0 Å². The van der Waals surface area contributed by atoms with Crippen molar-refractivity contribution >= 4 is 15.8 Å². The summed E-state index contributed by atoms with van der Waals surface area (Å²) in [7, 11) is -4.11. The van der Waals surface area contributed by atoms with Gasteiger partial charge in [0.1, 0.15) is 0 Å². The lowest BCUT2D eigenvalue weighted by atomic mass is 10.0. The summed E-state index contributed by atoms with van der Waals surface area (Å²) < 4.78 is 30.8. The molecule has 0 amide bonds. The fraction of sp³-hybridized carbons (Fsp3) is 0.538. The Morgan fingerprint density at radius 2 is 2.11 bits per heavy atom. The van der Waals surface area contributed by atoms with Crippen LogP contribution in [-0.2, 0) is 10.1 Å². The maximum absolute atomic E-state index is 11.0. The van der Waals surface area contributed by atoms with E-state index in [1.54, 1.807) is 12.1 Å². The van der Waals surface area contributed by atoms with Crippen molar-refractivity contribution in [2.75, 3.05) is 11.9 Å². The van der Waals surface area contributed by atoms with E-state index in [-0.39, 0.29) is 4.90 Å². The molecule has 3 N–H and O–H groups in total. The van der Waals surface area contributed by atoms with E-state index < -0.39 is 10.1 Å². The fourth-order valence-electron chi connectivity index (χ4n) is 2.48. The van der Waals surface area contributed by atoms with Gasteiger partial charge in [-0.15, -0.1) is 0 Å². The molecule has 1 heterocycles. The van der Waals surface area contributed by atoms with E-state index in [9.17, 15) is 8.42 Å². The fourth-order valence-corrected chi connectivity index (χ4v) is 2.96. The second-order valence-corrected chi connectivity index (χ2v) is 6.28. The van der Waals surface area contributed by atoms with Gasteiger partial charge in [0.25, 0.3) is 10.1 Å². The quantitative estimate of drug-likeness (QED) is 0.720. The number of nitrogens with one attached hydrogen (secondary N) is 2. The Hall–Kier alpha value is -1.11. The van der Waals surface area contributed by atoms with Gasteiger partial charge in [0, 0.05) is 17.8 Å². The molecule has 1 fully saturated rings. The van der Waals surface area contributed by atoms with E-state index in [0.29, 0.717) is 12.1 Å². The molecule has 0 saturated carbocycles. The maximum Gasteiger partial charge on any atom is 0.294 e. The first-order chi connectivity index (χ1) is 9.00. The molecule has 1 aromatic rings. The first kappa shape index (κ1) is 14.3. The molecule has 106 valence electrons. The van der Waals surface area contributed by atoms with Crippen LogP contribution in [-0.4, -0.2) is 31.6 Å². The third kappa shape index (κ3) is 3.68. The van der Waals surface area contributed by atoms with Gasteiger partial charge in [-0.05, 0) is 50.1 Å². The molecular formula is C13H20N2O3S. The molecule has 6 heteroatoms. The molecule has 5 nitrogen and oxygen atoms in total. The SMILES string of the molecule is CCC(Nc1ccc(S(=O)(=O)O)cc1)C1CCCN1. The van der Waals surface area contributed by atoms with Crippen molar-refractivity contribution in [1.82, 2.24) is 5.32 Å². The largest absolute Gasteiger partial charge is 0.381 e. The number of benzene rings is 1. The zero-order valence-electron chi connectivity index (χ0n) is 11.0. The van der Waals surface area contributed by atoms with Gasteiger partial charge in [0.05, 0.1) is 4.90 Å². The lowest BCUT2D eigenvalue weighted by Crippen LogP contribution is -2.39. The summed E-state index contributed by atoms with van der Waals surface area (Å²) in [5, 5.41) is 6.88. The minimum Gasteiger partial charge on any atom is -0.381 e. The molecule has 0 radical (unpaired) electrons. The molecule has 0 spiro atoms. The lowest BCUT2D eigenvalue weighted by Gasteiger charge is -2.24. The van der Waals surface area contributed by atoms with Crippen LogP contribution >= 0.6 is 0 Å². The summed E-state index contributed by atoms with van der Waals surface area (Å²) in [6.45, 7) is 3.19. The van der Waals surface area contributed by atoms with Crippen molar-refractivity contribution in [1.29, 1.82) is 0 Å². The highest BCUT2D eigenvalue weighted by Gasteiger charge is 2.22. The summed E-state index contributed by atoms with van der Waals surface area (Å²) in [5.74, 6) is 0. The van der Waals surface area contributed by atoms with Gasteiger partial charge in [-0.1, -0.05) is 6.92 Å². The molecule has 0 bridgehead atoms. The average molecular weight is 284 g/mol. The number of rotatable bonds is 5. The van der Waals surface area contributed by atoms with Crippen LogP contribution in [0, 0.1) is 0 Å². The third-order valence-corrected chi connectivity index (χ3v) is 4.40. The predicted octanol–water partition coefficient (Wildman–Crippen LogP) is 1.88. The van der Waals surface area contributed by atoms with Crippen molar-refractivity contribution < 1.29 is 13.0 Å². The Morgan fingerprint density at radius 1 is 1.42 bits per heavy atom. The molecule has 2 unspecified atom stereocenters.